The summed E-state index contributed by atoms with van der Waals surface area (Å²) in [5, 5.41) is 3.48. The molecular formula is C16H26N2S. The van der Waals surface area contributed by atoms with E-state index in [0.29, 0.717) is 6.04 Å². The van der Waals surface area contributed by atoms with Crippen LogP contribution in [0, 0.1) is 5.92 Å². The fourth-order valence-electron chi connectivity index (χ4n) is 2.78. The molecule has 0 saturated heterocycles. The van der Waals surface area contributed by atoms with Crippen LogP contribution in [0.2, 0.25) is 0 Å². The normalized spacial score (nSPS) is 17.8. The first-order chi connectivity index (χ1) is 9.33. The first-order valence-corrected chi connectivity index (χ1v) is 8.64. The van der Waals surface area contributed by atoms with Crippen LogP contribution in [0.25, 0.3) is 0 Å². The molecule has 1 heterocycles. The first-order valence-electron chi connectivity index (χ1n) is 7.65. The molecule has 0 aliphatic heterocycles. The van der Waals surface area contributed by atoms with Crippen LogP contribution in [-0.2, 0) is 0 Å². The van der Waals surface area contributed by atoms with Gasteiger partial charge in [0.1, 0.15) is 0 Å². The molecule has 0 bridgehead atoms. The van der Waals surface area contributed by atoms with Gasteiger partial charge in [-0.2, -0.15) is 0 Å². The van der Waals surface area contributed by atoms with E-state index in [1.54, 1.807) is 0 Å². The van der Waals surface area contributed by atoms with Gasteiger partial charge in [-0.05, 0) is 43.9 Å². The molecule has 1 atom stereocenters. The number of nitrogens with one attached hydrogen (secondary N) is 1. The van der Waals surface area contributed by atoms with Crippen molar-refractivity contribution in [1.29, 1.82) is 0 Å². The highest BCUT2D eigenvalue weighted by molar-refractivity contribution is 7.99. The number of thioether (sulfide) groups is 1. The third-order valence-electron chi connectivity index (χ3n) is 3.94. The summed E-state index contributed by atoms with van der Waals surface area (Å²) >= 11 is 1.98. The monoisotopic (exact) mass is 278 g/mol. The van der Waals surface area contributed by atoms with Crippen molar-refractivity contribution in [3.05, 3.63) is 24.0 Å². The molecule has 1 aromatic rings. The Morgan fingerprint density at radius 2 is 2.11 bits per heavy atom. The molecule has 19 heavy (non-hydrogen) atoms. The second-order valence-corrected chi connectivity index (χ2v) is 6.49. The topological polar surface area (TPSA) is 24.9 Å². The van der Waals surface area contributed by atoms with E-state index in [9.17, 15) is 0 Å². The number of pyridine rings is 1. The summed E-state index contributed by atoms with van der Waals surface area (Å²) in [5.74, 6) is 2.21. The van der Waals surface area contributed by atoms with Gasteiger partial charge in [0.2, 0.25) is 0 Å². The Morgan fingerprint density at radius 3 is 2.68 bits per heavy atom. The van der Waals surface area contributed by atoms with Crippen molar-refractivity contribution in [3.63, 3.8) is 0 Å². The Kier molecular flexibility index (Phi) is 6.18. The number of nitrogens with zero attached hydrogens (tertiary/aromatic N) is 1. The lowest BCUT2D eigenvalue weighted by atomic mass is 10.1. The maximum absolute atomic E-state index is 4.63. The van der Waals surface area contributed by atoms with E-state index in [0.717, 1.165) is 18.9 Å². The average Bonchev–Trinajstić information content (AvgIpc) is 2.96. The fraction of sp³-hybridized carbons (Fsp3) is 0.688. The van der Waals surface area contributed by atoms with E-state index in [1.807, 2.05) is 11.8 Å². The maximum Gasteiger partial charge on any atom is 0.0573 e. The molecule has 1 saturated carbocycles. The van der Waals surface area contributed by atoms with E-state index < -0.39 is 0 Å². The van der Waals surface area contributed by atoms with Gasteiger partial charge in [-0.3, -0.25) is 4.98 Å². The summed E-state index contributed by atoms with van der Waals surface area (Å²) in [6.45, 7) is 5.35. The minimum Gasteiger partial charge on any atom is -0.309 e. The molecule has 0 aromatic carbocycles. The van der Waals surface area contributed by atoms with Crippen molar-refractivity contribution in [2.45, 2.75) is 56.9 Å². The van der Waals surface area contributed by atoms with Gasteiger partial charge in [-0.1, -0.05) is 26.7 Å². The summed E-state index contributed by atoms with van der Waals surface area (Å²) in [4.78, 5) is 5.95. The lowest BCUT2D eigenvalue weighted by Crippen LogP contribution is -2.20. The third kappa shape index (κ3) is 4.50. The van der Waals surface area contributed by atoms with Crippen LogP contribution >= 0.6 is 11.8 Å². The quantitative estimate of drug-likeness (QED) is 0.747. The van der Waals surface area contributed by atoms with Gasteiger partial charge in [-0.25, -0.2) is 0 Å². The van der Waals surface area contributed by atoms with Crippen molar-refractivity contribution in [2.24, 2.45) is 5.92 Å². The molecule has 1 aliphatic carbocycles. The largest absolute Gasteiger partial charge is 0.309 e. The summed E-state index contributed by atoms with van der Waals surface area (Å²) in [7, 11) is 0. The second kappa shape index (κ2) is 7.91. The highest BCUT2D eigenvalue weighted by atomic mass is 32.2. The first kappa shape index (κ1) is 14.9. The number of rotatable bonds is 7. The van der Waals surface area contributed by atoms with Gasteiger partial charge >= 0.3 is 0 Å². The number of hydrogen-bond donors (Lipinski definition) is 1. The zero-order valence-electron chi connectivity index (χ0n) is 12.2. The summed E-state index contributed by atoms with van der Waals surface area (Å²) in [6, 6.07) is 4.83. The van der Waals surface area contributed by atoms with E-state index in [1.165, 1.54) is 42.0 Å². The second-order valence-electron chi connectivity index (χ2n) is 5.40. The fourth-order valence-corrected chi connectivity index (χ4v) is 3.83. The third-order valence-corrected chi connectivity index (χ3v) is 5.15. The molecule has 1 fully saturated rings. The molecule has 1 aliphatic rings. The van der Waals surface area contributed by atoms with E-state index in [-0.39, 0.29) is 0 Å². The van der Waals surface area contributed by atoms with Crippen LogP contribution in [-0.4, -0.2) is 17.3 Å². The highest BCUT2D eigenvalue weighted by Gasteiger charge is 2.15. The van der Waals surface area contributed by atoms with Crippen molar-refractivity contribution in [1.82, 2.24) is 10.3 Å². The van der Waals surface area contributed by atoms with Crippen molar-refractivity contribution in [3.8, 4) is 0 Å². The molecular weight excluding hydrogens is 252 g/mol. The molecule has 2 nitrogen and oxygen atoms in total. The molecule has 1 aromatic heterocycles. The highest BCUT2D eigenvalue weighted by Crippen LogP contribution is 2.31. The Bertz CT molecular complexity index is 358. The Hall–Kier alpha value is -0.540. The average molecular weight is 278 g/mol. The molecule has 0 amide bonds. The predicted octanol–water partition coefficient (Wildman–Crippen LogP) is 4.42. The Morgan fingerprint density at radius 1 is 1.32 bits per heavy atom. The molecule has 106 valence electrons. The van der Waals surface area contributed by atoms with Gasteiger partial charge in [0.15, 0.2) is 0 Å². The van der Waals surface area contributed by atoms with Crippen LogP contribution in [0.1, 0.15) is 57.7 Å². The lowest BCUT2D eigenvalue weighted by Gasteiger charge is -2.15. The maximum atomic E-state index is 4.63. The van der Waals surface area contributed by atoms with E-state index >= 15 is 0 Å². The van der Waals surface area contributed by atoms with Gasteiger partial charge in [0.25, 0.3) is 0 Å². The zero-order valence-corrected chi connectivity index (χ0v) is 13.0. The Labute approximate surface area is 121 Å². The number of aromatic nitrogens is 1. The summed E-state index contributed by atoms with van der Waals surface area (Å²) < 4.78 is 0. The zero-order chi connectivity index (χ0) is 13.5. The Balaban J connectivity index is 1.86. The SMILES string of the molecule is CCNC(CC)c1ccc(SCC2CCCC2)cn1. The standard InChI is InChI=1S/C16H26N2S/c1-3-15(17-4-2)16-10-9-14(11-18-16)19-12-13-7-5-6-8-13/h9-11,13,15,17H,3-8,12H2,1-2H3. The van der Waals surface area contributed by atoms with Crippen molar-refractivity contribution in [2.75, 3.05) is 12.3 Å². The van der Waals surface area contributed by atoms with E-state index in [2.05, 4.69) is 42.5 Å². The molecule has 2 rings (SSSR count). The molecule has 0 radical (unpaired) electrons. The van der Waals surface area contributed by atoms with Gasteiger partial charge in [-0.15, -0.1) is 11.8 Å². The van der Waals surface area contributed by atoms with Crippen molar-refractivity contribution < 1.29 is 0 Å². The van der Waals surface area contributed by atoms with Gasteiger partial charge in [0.05, 0.1) is 5.69 Å². The molecule has 0 spiro atoms. The summed E-state index contributed by atoms with van der Waals surface area (Å²) in [5.41, 5.74) is 1.18. The van der Waals surface area contributed by atoms with Gasteiger partial charge in [0, 0.05) is 22.9 Å². The lowest BCUT2D eigenvalue weighted by molar-refractivity contribution is 0.524. The number of hydrogen-bond acceptors (Lipinski definition) is 3. The summed E-state index contributed by atoms with van der Waals surface area (Å²) in [6.07, 6.45) is 8.87. The van der Waals surface area contributed by atoms with Crippen LogP contribution in [0.3, 0.4) is 0 Å². The van der Waals surface area contributed by atoms with Crippen LogP contribution < -0.4 is 5.32 Å². The van der Waals surface area contributed by atoms with E-state index in [4.69, 9.17) is 0 Å². The minimum atomic E-state index is 0.402. The van der Waals surface area contributed by atoms with Crippen LogP contribution in [0.5, 0.6) is 0 Å². The molecule has 1 unspecified atom stereocenters. The molecule has 1 N–H and O–H groups in total. The van der Waals surface area contributed by atoms with Crippen LogP contribution in [0.4, 0.5) is 0 Å². The van der Waals surface area contributed by atoms with Crippen LogP contribution in [0.15, 0.2) is 23.2 Å². The van der Waals surface area contributed by atoms with Crippen molar-refractivity contribution >= 4 is 11.8 Å². The predicted molar refractivity (Wildman–Crippen MR) is 83.6 cm³/mol. The van der Waals surface area contributed by atoms with Gasteiger partial charge < -0.3 is 5.32 Å². The molecule has 3 heteroatoms. The smallest absolute Gasteiger partial charge is 0.0573 e. The minimum absolute atomic E-state index is 0.402.